The minimum Gasteiger partial charge on any atom is -0.497 e. The molecule has 3 atom stereocenters. The number of carbonyl (C=O) groups excluding carboxylic acids is 3. The molecule has 0 amide bonds. The Morgan fingerprint density at radius 3 is 2.00 bits per heavy atom. The fourth-order valence-corrected chi connectivity index (χ4v) is 5.78. The molecule has 4 rings (SSSR count). The molecular formula is C32H37NO9. The van der Waals surface area contributed by atoms with Crippen molar-refractivity contribution in [2.45, 2.75) is 39.0 Å². The predicted molar refractivity (Wildman–Crippen MR) is 154 cm³/mol. The SMILES string of the molecule is CCOC(=O)C1=C(C)NC2=C(C(=O)[C@@H](C(=O)OCC)[C@@H](c3ccc(OC)cc3)C2)[C@@H]1c1cc(OC)c(OC)c(OC)c1. The number of esters is 2. The van der Waals surface area contributed by atoms with E-state index in [0.717, 1.165) is 5.56 Å². The molecule has 0 radical (unpaired) electrons. The number of benzene rings is 2. The van der Waals surface area contributed by atoms with Crippen molar-refractivity contribution in [2.24, 2.45) is 5.92 Å². The van der Waals surface area contributed by atoms with Crippen molar-refractivity contribution in [1.29, 1.82) is 0 Å². The van der Waals surface area contributed by atoms with E-state index < -0.39 is 35.5 Å². The van der Waals surface area contributed by atoms with Crippen LogP contribution in [0.4, 0.5) is 0 Å². The maximum absolute atomic E-state index is 14.5. The van der Waals surface area contributed by atoms with Gasteiger partial charge in [0.1, 0.15) is 11.7 Å². The van der Waals surface area contributed by atoms with Crippen molar-refractivity contribution in [3.8, 4) is 23.0 Å². The molecule has 0 aromatic heterocycles. The van der Waals surface area contributed by atoms with Crippen molar-refractivity contribution < 1.29 is 42.8 Å². The van der Waals surface area contributed by atoms with Gasteiger partial charge in [-0.2, -0.15) is 0 Å². The Hall–Kier alpha value is -4.47. The first-order valence-electron chi connectivity index (χ1n) is 13.8. The van der Waals surface area contributed by atoms with Crippen LogP contribution in [0.3, 0.4) is 0 Å². The summed E-state index contributed by atoms with van der Waals surface area (Å²) in [5.74, 6) is -2.42. The number of nitrogens with one attached hydrogen (secondary N) is 1. The highest BCUT2D eigenvalue weighted by Crippen LogP contribution is 2.50. The predicted octanol–water partition coefficient (Wildman–Crippen LogP) is 4.43. The van der Waals surface area contributed by atoms with Crippen LogP contribution in [-0.4, -0.2) is 59.4 Å². The van der Waals surface area contributed by atoms with E-state index in [1.807, 2.05) is 12.1 Å². The summed E-state index contributed by atoms with van der Waals surface area (Å²) in [6.07, 6.45) is 0.325. The molecule has 0 fully saturated rings. The van der Waals surface area contributed by atoms with Gasteiger partial charge >= 0.3 is 11.9 Å². The van der Waals surface area contributed by atoms with Crippen molar-refractivity contribution in [1.82, 2.24) is 5.32 Å². The lowest BCUT2D eigenvalue weighted by atomic mass is 9.67. The van der Waals surface area contributed by atoms with Crippen molar-refractivity contribution in [2.75, 3.05) is 41.7 Å². The van der Waals surface area contributed by atoms with E-state index in [-0.39, 0.29) is 18.8 Å². The second kappa shape index (κ2) is 13.0. The fourth-order valence-electron chi connectivity index (χ4n) is 5.78. The molecule has 10 heteroatoms. The number of ether oxygens (including phenoxy) is 6. The van der Waals surface area contributed by atoms with E-state index in [2.05, 4.69) is 5.32 Å². The lowest BCUT2D eigenvalue weighted by Gasteiger charge is -2.39. The summed E-state index contributed by atoms with van der Waals surface area (Å²) >= 11 is 0. The molecule has 0 unspecified atom stereocenters. The Balaban J connectivity index is 1.96. The number of hydrogen-bond donors (Lipinski definition) is 1. The minimum absolute atomic E-state index is 0.117. The monoisotopic (exact) mass is 579 g/mol. The number of dihydropyridines is 1. The summed E-state index contributed by atoms with van der Waals surface area (Å²) in [5, 5.41) is 3.30. The number of methoxy groups -OCH3 is 4. The van der Waals surface area contributed by atoms with Gasteiger partial charge in [-0.1, -0.05) is 12.1 Å². The van der Waals surface area contributed by atoms with Crippen LogP contribution in [0.1, 0.15) is 50.2 Å². The zero-order valence-corrected chi connectivity index (χ0v) is 25.0. The molecule has 1 heterocycles. The van der Waals surface area contributed by atoms with Crippen LogP contribution in [0.15, 0.2) is 58.9 Å². The summed E-state index contributed by atoms with van der Waals surface area (Å²) in [6, 6.07) is 10.7. The van der Waals surface area contributed by atoms with Crippen molar-refractivity contribution in [3.63, 3.8) is 0 Å². The molecule has 0 bridgehead atoms. The van der Waals surface area contributed by atoms with Crippen molar-refractivity contribution in [3.05, 3.63) is 70.1 Å². The Labute approximate surface area is 245 Å². The zero-order valence-electron chi connectivity index (χ0n) is 25.0. The molecule has 42 heavy (non-hydrogen) atoms. The maximum atomic E-state index is 14.5. The van der Waals surface area contributed by atoms with Crippen LogP contribution in [0, 0.1) is 5.92 Å². The quantitative estimate of drug-likeness (QED) is 0.320. The van der Waals surface area contributed by atoms with E-state index in [9.17, 15) is 14.4 Å². The highest BCUT2D eigenvalue weighted by molar-refractivity contribution is 6.13. The number of Topliss-reactive ketones (excluding diaryl/α,β-unsaturated/α-hetero) is 1. The first-order chi connectivity index (χ1) is 20.2. The molecule has 1 aliphatic heterocycles. The van der Waals surface area contributed by atoms with Crippen LogP contribution in [0.25, 0.3) is 0 Å². The van der Waals surface area contributed by atoms with Gasteiger partial charge in [-0.3, -0.25) is 9.59 Å². The van der Waals surface area contributed by atoms with Gasteiger partial charge in [0.05, 0.1) is 47.2 Å². The number of hydrogen-bond acceptors (Lipinski definition) is 10. The van der Waals surface area contributed by atoms with E-state index in [4.69, 9.17) is 28.4 Å². The second-order valence-corrected chi connectivity index (χ2v) is 9.85. The van der Waals surface area contributed by atoms with E-state index in [1.54, 1.807) is 52.1 Å². The highest BCUT2D eigenvalue weighted by atomic mass is 16.5. The van der Waals surface area contributed by atoms with Crippen LogP contribution in [0.5, 0.6) is 23.0 Å². The molecule has 1 aliphatic carbocycles. The summed E-state index contributed by atoms with van der Waals surface area (Å²) in [5.41, 5.74) is 3.04. The van der Waals surface area contributed by atoms with Crippen LogP contribution in [0.2, 0.25) is 0 Å². The molecule has 2 aromatic carbocycles. The Morgan fingerprint density at radius 2 is 1.48 bits per heavy atom. The summed E-state index contributed by atoms with van der Waals surface area (Å²) in [6.45, 7) is 5.44. The Bertz CT molecular complexity index is 1400. The van der Waals surface area contributed by atoms with Gasteiger partial charge in [-0.25, -0.2) is 4.79 Å². The first-order valence-corrected chi connectivity index (χ1v) is 13.8. The molecule has 2 aliphatic rings. The van der Waals surface area contributed by atoms with Gasteiger partial charge in [-0.15, -0.1) is 0 Å². The van der Waals surface area contributed by atoms with Crippen LogP contribution < -0.4 is 24.3 Å². The topological polar surface area (TPSA) is 119 Å². The number of ketones is 1. The van der Waals surface area contributed by atoms with Gasteiger partial charge in [0.25, 0.3) is 0 Å². The third-order valence-electron chi connectivity index (χ3n) is 7.62. The molecular weight excluding hydrogens is 542 g/mol. The number of carbonyl (C=O) groups is 3. The van der Waals surface area contributed by atoms with E-state index in [0.29, 0.717) is 51.9 Å². The average molecular weight is 580 g/mol. The summed E-state index contributed by atoms with van der Waals surface area (Å²) in [7, 11) is 6.05. The summed E-state index contributed by atoms with van der Waals surface area (Å²) in [4.78, 5) is 41.4. The zero-order chi connectivity index (χ0) is 30.6. The van der Waals surface area contributed by atoms with E-state index >= 15 is 0 Å². The molecule has 1 N–H and O–H groups in total. The van der Waals surface area contributed by atoms with Gasteiger partial charge in [0, 0.05) is 28.8 Å². The third-order valence-corrected chi connectivity index (χ3v) is 7.62. The Kier molecular flexibility index (Phi) is 9.45. The molecule has 10 nitrogen and oxygen atoms in total. The second-order valence-electron chi connectivity index (χ2n) is 9.85. The standard InChI is InChI=1S/C32H37NO9/c1-8-41-31(35)25-17(3)33-22-16-21(18-10-12-20(37-4)13-11-18)27(32(36)42-9-2)29(34)28(22)26(25)19-14-23(38-5)30(40-7)24(15-19)39-6/h10-15,21,26-27,33H,8-9,16H2,1-7H3/t21-,26-,27+/m1/s1. The maximum Gasteiger partial charge on any atom is 0.336 e. The molecule has 224 valence electrons. The average Bonchev–Trinajstić information content (AvgIpc) is 2.99. The normalized spacial score (nSPS) is 19.9. The number of rotatable bonds is 10. The molecule has 2 aromatic rings. The van der Waals surface area contributed by atoms with E-state index in [1.165, 1.54) is 21.3 Å². The third kappa shape index (κ3) is 5.53. The lowest BCUT2D eigenvalue weighted by Crippen LogP contribution is -2.43. The largest absolute Gasteiger partial charge is 0.497 e. The smallest absolute Gasteiger partial charge is 0.336 e. The summed E-state index contributed by atoms with van der Waals surface area (Å²) < 4.78 is 32.8. The number of allylic oxidation sites excluding steroid dienone is 3. The molecule has 0 saturated carbocycles. The lowest BCUT2D eigenvalue weighted by molar-refractivity contribution is -0.152. The molecule has 0 saturated heterocycles. The van der Waals surface area contributed by atoms with Gasteiger partial charge in [0.2, 0.25) is 5.75 Å². The minimum atomic E-state index is -1.13. The molecule has 0 spiro atoms. The van der Waals surface area contributed by atoms with Crippen LogP contribution in [-0.2, 0) is 23.9 Å². The van der Waals surface area contributed by atoms with Gasteiger partial charge < -0.3 is 33.7 Å². The van der Waals surface area contributed by atoms with Gasteiger partial charge in [0.15, 0.2) is 17.3 Å². The first kappa shape index (κ1) is 30.5. The Morgan fingerprint density at radius 1 is 0.857 bits per heavy atom. The fraction of sp³-hybridized carbons (Fsp3) is 0.406. The van der Waals surface area contributed by atoms with Gasteiger partial charge in [-0.05, 0) is 62.6 Å². The highest BCUT2D eigenvalue weighted by Gasteiger charge is 2.49. The van der Waals surface area contributed by atoms with Crippen LogP contribution >= 0.6 is 0 Å². The van der Waals surface area contributed by atoms with Crippen molar-refractivity contribution >= 4 is 17.7 Å².